The first-order valence-electron chi connectivity index (χ1n) is 5.00. The molecular weight excluding hydrogens is 210 g/mol. The predicted octanol–water partition coefficient (Wildman–Crippen LogP) is 2.09. The lowest BCUT2D eigenvalue weighted by molar-refractivity contribution is 0.0582. The minimum atomic E-state index is -0.0537. The molecule has 0 radical (unpaired) electrons. The number of hydrogen-bond acceptors (Lipinski definition) is 5. The van der Waals surface area contributed by atoms with Gasteiger partial charge in [-0.3, -0.25) is 0 Å². The molecule has 1 aromatic rings. The van der Waals surface area contributed by atoms with E-state index in [2.05, 4.69) is 28.1 Å². The van der Waals surface area contributed by atoms with Crippen LogP contribution in [0.5, 0.6) is 0 Å². The zero-order valence-corrected chi connectivity index (χ0v) is 10.2. The quantitative estimate of drug-likeness (QED) is 0.744. The summed E-state index contributed by atoms with van der Waals surface area (Å²) in [5.41, 5.74) is 0. The van der Waals surface area contributed by atoms with E-state index in [1.807, 2.05) is 18.7 Å². The number of thioether (sulfide) groups is 1. The first kappa shape index (κ1) is 12.4. The van der Waals surface area contributed by atoms with Gasteiger partial charge in [0.2, 0.25) is 0 Å². The third kappa shape index (κ3) is 4.57. The summed E-state index contributed by atoms with van der Waals surface area (Å²) in [6, 6.07) is 0. The molecule has 1 aromatic heterocycles. The summed E-state index contributed by atoms with van der Waals surface area (Å²) in [5, 5.41) is 0.635. The van der Waals surface area contributed by atoms with Crippen LogP contribution in [0, 0.1) is 0 Å². The standard InChI is InChI=1S/C10H17N3OS/c1-8(15-3)4-5-14-9(2)10-12-6-11-7-13-10/h6-9H,4-5H2,1-3H3. The molecule has 0 bridgehead atoms. The maximum Gasteiger partial charge on any atom is 0.160 e. The molecule has 0 fully saturated rings. The summed E-state index contributed by atoms with van der Waals surface area (Å²) in [5.74, 6) is 0.696. The van der Waals surface area contributed by atoms with Crippen LogP contribution in [0.2, 0.25) is 0 Å². The molecule has 2 unspecified atom stereocenters. The van der Waals surface area contributed by atoms with E-state index < -0.39 is 0 Å². The number of aromatic nitrogens is 3. The highest BCUT2D eigenvalue weighted by Crippen LogP contribution is 2.14. The van der Waals surface area contributed by atoms with E-state index in [1.165, 1.54) is 12.7 Å². The van der Waals surface area contributed by atoms with E-state index in [-0.39, 0.29) is 6.10 Å². The van der Waals surface area contributed by atoms with Gasteiger partial charge >= 0.3 is 0 Å². The lowest BCUT2D eigenvalue weighted by Gasteiger charge is -2.13. The Labute approximate surface area is 94.9 Å². The Balaban J connectivity index is 2.28. The first-order chi connectivity index (χ1) is 7.24. The summed E-state index contributed by atoms with van der Waals surface area (Å²) >= 11 is 1.85. The van der Waals surface area contributed by atoms with Gasteiger partial charge in [-0.2, -0.15) is 11.8 Å². The molecule has 5 heteroatoms. The molecule has 0 N–H and O–H groups in total. The van der Waals surface area contributed by atoms with Crippen molar-refractivity contribution in [3.05, 3.63) is 18.5 Å². The van der Waals surface area contributed by atoms with Gasteiger partial charge in [0.1, 0.15) is 18.8 Å². The van der Waals surface area contributed by atoms with Crippen LogP contribution in [0.15, 0.2) is 12.7 Å². The zero-order chi connectivity index (χ0) is 11.1. The average Bonchev–Trinajstić information content (AvgIpc) is 2.29. The summed E-state index contributed by atoms with van der Waals surface area (Å²) < 4.78 is 5.63. The number of nitrogens with zero attached hydrogens (tertiary/aromatic N) is 3. The fourth-order valence-corrected chi connectivity index (χ4v) is 1.39. The third-order valence-corrected chi connectivity index (χ3v) is 3.21. The molecule has 4 nitrogen and oxygen atoms in total. The van der Waals surface area contributed by atoms with Crippen LogP contribution in [0.1, 0.15) is 32.2 Å². The molecule has 0 aliphatic heterocycles. The van der Waals surface area contributed by atoms with Crippen LogP contribution in [0.3, 0.4) is 0 Å². The second-order valence-corrected chi connectivity index (χ2v) is 4.62. The SMILES string of the molecule is CSC(C)CCOC(C)c1ncncn1. The van der Waals surface area contributed by atoms with Crippen molar-refractivity contribution in [3.63, 3.8) is 0 Å². The topological polar surface area (TPSA) is 47.9 Å². The second kappa shape index (κ2) is 6.74. The lowest BCUT2D eigenvalue weighted by atomic mass is 10.3. The summed E-state index contributed by atoms with van der Waals surface area (Å²) in [7, 11) is 0. The maximum atomic E-state index is 5.63. The Hall–Kier alpha value is -0.680. The van der Waals surface area contributed by atoms with E-state index in [0.717, 1.165) is 13.0 Å². The van der Waals surface area contributed by atoms with Gasteiger partial charge in [-0.25, -0.2) is 15.0 Å². The Morgan fingerprint density at radius 1 is 1.33 bits per heavy atom. The van der Waals surface area contributed by atoms with Crippen molar-refractivity contribution in [2.24, 2.45) is 0 Å². The summed E-state index contributed by atoms with van der Waals surface area (Å²) in [6.07, 6.45) is 6.10. The molecule has 0 amide bonds. The molecule has 0 saturated carbocycles. The molecule has 84 valence electrons. The van der Waals surface area contributed by atoms with Crippen molar-refractivity contribution >= 4 is 11.8 Å². The van der Waals surface area contributed by atoms with E-state index in [9.17, 15) is 0 Å². The van der Waals surface area contributed by atoms with Crippen LogP contribution in [-0.2, 0) is 4.74 Å². The van der Waals surface area contributed by atoms with Gasteiger partial charge in [0.05, 0.1) is 0 Å². The van der Waals surface area contributed by atoms with Crippen LogP contribution < -0.4 is 0 Å². The van der Waals surface area contributed by atoms with Gasteiger partial charge in [0.15, 0.2) is 5.82 Å². The molecular formula is C10H17N3OS. The van der Waals surface area contributed by atoms with E-state index in [0.29, 0.717) is 11.1 Å². The molecule has 0 aliphatic carbocycles. The first-order valence-corrected chi connectivity index (χ1v) is 6.29. The van der Waals surface area contributed by atoms with E-state index in [1.54, 1.807) is 0 Å². The smallest absolute Gasteiger partial charge is 0.160 e. The predicted molar refractivity (Wildman–Crippen MR) is 61.8 cm³/mol. The van der Waals surface area contributed by atoms with Gasteiger partial charge in [0.25, 0.3) is 0 Å². The molecule has 1 rings (SSSR count). The van der Waals surface area contributed by atoms with Crippen molar-refractivity contribution < 1.29 is 4.74 Å². The zero-order valence-electron chi connectivity index (χ0n) is 9.38. The van der Waals surface area contributed by atoms with Gasteiger partial charge in [-0.1, -0.05) is 6.92 Å². The minimum absolute atomic E-state index is 0.0537. The van der Waals surface area contributed by atoms with Gasteiger partial charge in [0, 0.05) is 11.9 Å². The maximum absolute atomic E-state index is 5.63. The van der Waals surface area contributed by atoms with Crippen LogP contribution in [0.25, 0.3) is 0 Å². The Morgan fingerprint density at radius 2 is 2.00 bits per heavy atom. The highest BCUT2D eigenvalue weighted by Gasteiger charge is 2.08. The van der Waals surface area contributed by atoms with Crippen molar-refractivity contribution in [2.75, 3.05) is 12.9 Å². The molecule has 0 aromatic carbocycles. The van der Waals surface area contributed by atoms with Crippen LogP contribution in [-0.4, -0.2) is 33.1 Å². The summed E-state index contributed by atoms with van der Waals surface area (Å²) in [4.78, 5) is 11.9. The molecule has 0 spiro atoms. The van der Waals surface area contributed by atoms with Gasteiger partial charge in [-0.05, 0) is 19.6 Å². The normalized spacial score (nSPS) is 14.9. The van der Waals surface area contributed by atoms with Gasteiger partial charge in [-0.15, -0.1) is 0 Å². The summed E-state index contributed by atoms with van der Waals surface area (Å²) in [6.45, 7) is 4.90. The molecule has 0 saturated heterocycles. The minimum Gasteiger partial charge on any atom is -0.370 e. The molecule has 15 heavy (non-hydrogen) atoms. The van der Waals surface area contributed by atoms with Crippen LogP contribution in [0.4, 0.5) is 0 Å². The monoisotopic (exact) mass is 227 g/mol. The van der Waals surface area contributed by atoms with Crippen molar-refractivity contribution in [2.45, 2.75) is 31.6 Å². The lowest BCUT2D eigenvalue weighted by Crippen LogP contribution is -2.09. The van der Waals surface area contributed by atoms with Crippen LogP contribution >= 0.6 is 11.8 Å². The van der Waals surface area contributed by atoms with E-state index in [4.69, 9.17) is 4.74 Å². The average molecular weight is 227 g/mol. The molecule has 1 heterocycles. The number of rotatable bonds is 6. The highest BCUT2D eigenvalue weighted by molar-refractivity contribution is 7.99. The van der Waals surface area contributed by atoms with Crippen molar-refractivity contribution in [1.29, 1.82) is 0 Å². The highest BCUT2D eigenvalue weighted by atomic mass is 32.2. The van der Waals surface area contributed by atoms with Gasteiger partial charge < -0.3 is 4.74 Å². The molecule has 0 aliphatic rings. The fourth-order valence-electron chi connectivity index (χ4n) is 1.06. The third-order valence-electron chi connectivity index (χ3n) is 2.17. The molecule has 2 atom stereocenters. The Morgan fingerprint density at radius 3 is 2.60 bits per heavy atom. The van der Waals surface area contributed by atoms with E-state index >= 15 is 0 Å². The van der Waals surface area contributed by atoms with Crippen molar-refractivity contribution in [1.82, 2.24) is 15.0 Å². The fraction of sp³-hybridized carbons (Fsp3) is 0.700. The Kier molecular flexibility index (Phi) is 5.57. The number of hydrogen-bond donors (Lipinski definition) is 0. The number of ether oxygens (including phenoxy) is 1. The Bertz CT molecular complexity index is 271. The van der Waals surface area contributed by atoms with Crippen molar-refractivity contribution in [3.8, 4) is 0 Å². The largest absolute Gasteiger partial charge is 0.370 e. The second-order valence-electron chi connectivity index (χ2n) is 3.34.